The van der Waals surface area contributed by atoms with Crippen LogP contribution in [0.1, 0.15) is 38.8 Å². The van der Waals surface area contributed by atoms with Crippen LogP contribution in [0.3, 0.4) is 0 Å². The molecular formula is C24H32N2O4. The number of amides is 2. The molecule has 0 aliphatic carbocycles. The van der Waals surface area contributed by atoms with Gasteiger partial charge in [0.1, 0.15) is 17.5 Å². The number of nitrogens with zero attached hydrogens (tertiary/aromatic N) is 1. The second kappa shape index (κ2) is 11.2. The Morgan fingerprint density at radius 1 is 0.933 bits per heavy atom. The predicted octanol–water partition coefficient (Wildman–Crippen LogP) is 3.58. The van der Waals surface area contributed by atoms with Gasteiger partial charge in [0.05, 0.1) is 7.11 Å². The molecule has 0 radical (unpaired) electrons. The van der Waals surface area contributed by atoms with Gasteiger partial charge in [0.2, 0.25) is 5.91 Å². The molecule has 1 atom stereocenters. The van der Waals surface area contributed by atoms with Crippen LogP contribution in [-0.4, -0.2) is 42.5 Å². The van der Waals surface area contributed by atoms with Gasteiger partial charge in [0, 0.05) is 12.6 Å². The van der Waals surface area contributed by atoms with Crippen molar-refractivity contribution in [3.63, 3.8) is 0 Å². The first-order valence-corrected chi connectivity index (χ1v) is 10.3. The van der Waals surface area contributed by atoms with Crippen molar-refractivity contribution in [1.82, 2.24) is 10.2 Å². The summed E-state index contributed by atoms with van der Waals surface area (Å²) < 4.78 is 10.9. The van der Waals surface area contributed by atoms with E-state index in [1.165, 1.54) is 5.56 Å². The fourth-order valence-electron chi connectivity index (χ4n) is 2.96. The third kappa shape index (κ3) is 6.79. The average Bonchev–Trinajstić information content (AvgIpc) is 2.75. The number of benzene rings is 2. The molecule has 1 N–H and O–H groups in total. The Morgan fingerprint density at radius 3 is 2.03 bits per heavy atom. The van der Waals surface area contributed by atoms with Gasteiger partial charge in [-0.25, -0.2) is 0 Å². The highest BCUT2D eigenvalue weighted by Crippen LogP contribution is 2.16. The van der Waals surface area contributed by atoms with Crippen molar-refractivity contribution >= 4 is 11.8 Å². The highest BCUT2D eigenvalue weighted by Gasteiger charge is 2.26. The van der Waals surface area contributed by atoms with Crippen molar-refractivity contribution in [3.8, 4) is 11.5 Å². The van der Waals surface area contributed by atoms with Crippen LogP contribution in [0.4, 0.5) is 0 Å². The maximum Gasteiger partial charge on any atom is 0.261 e. The van der Waals surface area contributed by atoms with Gasteiger partial charge in [-0.3, -0.25) is 9.59 Å². The summed E-state index contributed by atoms with van der Waals surface area (Å²) in [6.07, 6.45) is 0.942. The molecule has 162 valence electrons. The number of rotatable bonds is 10. The lowest BCUT2D eigenvalue weighted by Crippen LogP contribution is -2.50. The summed E-state index contributed by atoms with van der Waals surface area (Å²) in [7, 11) is 1.60. The number of carbonyl (C=O) groups excluding carboxylic acids is 2. The molecule has 0 unspecified atom stereocenters. The van der Waals surface area contributed by atoms with Gasteiger partial charge >= 0.3 is 0 Å². The molecule has 2 amide bonds. The maximum absolute atomic E-state index is 13.0. The number of carbonyl (C=O) groups is 2. The van der Waals surface area contributed by atoms with Crippen LogP contribution in [0.15, 0.2) is 48.5 Å². The Balaban J connectivity index is 2.12. The number of aryl methyl sites for hydroxylation is 1. The minimum Gasteiger partial charge on any atom is -0.497 e. The summed E-state index contributed by atoms with van der Waals surface area (Å²) in [5.41, 5.74) is 2.11. The minimum atomic E-state index is -0.631. The largest absolute Gasteiger partial charge is 0.497 e. The van der Waals surface area contributed by atoms with E-state index in [9.17, 15) is 9.59 Å². The van der Waals surface area contributed by atoms with E-state index in [-0.39, 0.29) is 24.5 Å². The van der Waals surface area contributed by atoms with Gasteiger partial charge < -0.3 is 19.7 Å². The van der Waals surface area contributed by atoms with E-state index in [4.69, 9.17) is 9.47 Å². The Labute approximate surface area is 179 Å². The molecule has 2 aromatic carbocycles. The molecule has 0 saturated heterocycles. The summed E-state index contributed by atoms with van der Waals surface area (Å²) in [6, 6.07) is 14.5. The summed E-state index contributed by atoms with van der Waals surface area (Å²) >= 11 is 0. The highest BCUT2D eigenvalue weighted by molar-refractivity contribution is 5.88. The summed E-state index contributed by atoms with van der Waals surface area (Å²) in [5.74, 6) is 0.918. The molecule has 0 bridgehead atoms. The van der Waals surface area contributed by atoms with Crippen LogP contribution in [0.2, 0.25) is 0 Å². The highest BCUT2D eigenvalue weighted by atomic mass is 16.5. The van der Waals surface area contributed by atoms with E-state index in [0.29, 0.717) is 12.3 Å². The van der Waals surface area contributed by atoms with Crippen molar-refractivity contribution in [2.75, 3.05) is 13.7 Å². The van der Waals surface area contributed by atoms with Crippen molar-refractivity contribution in [2.24, 2.45) is 0 Å². The van der Waals surface area contributed by atoms with Gasteiger partial charge in [-0.2, -0.15) is 0 Å². The third-order valence-corrected chi connectivity index (χ3v) is 4.80. The van der Waals surface area contributed by atoms with Crippen LogP contribution in [0, 0.1) is 0 Å². The Kier molecular flexibility index (Phi) is 8.71. The molecule has 0 fully saturated rings. The number of nitrogens with one attached hydrogen (secondary N) is 1. The van der Waals surface area contributed by atoms with Crippen LogP contribution >= 0.6 is 0 Å². The van der Waals surface area contributed by atoms with Crippen LogP contribution < -0.4 is 14.8 Å². The smallest absolute Gasteiger partial charge is 0.261 e. The maximum atomic E-state index is 13.0. The number of ether oxygens (including phenoxy) is 2. The molecule has 0 aliphatic rings. The molecule has 0 spiro atoms. The Bertz CT molecular complexity index is 816. The Hall–Kier alpha value is -3.02. The van der Waals surface area contributed by atoms with Crippen molar-refractivity contribution in [1.29, 1.82) is 0 Å². The van der Waals surface area contributed by atoms with E-state index in [1.807, 2.05) is 62.4 Å². The SMILES string of the molecule is CCc1ccc(OCC(=O)N(Cc2ccc(OC)cc2)[C@@H](C)C(=O)NC(C)C)cc1. The van der Waals surface area contributed by atoms with Crippen LogP contribution in [0.25, 0.3) is 0 Å². The Morgan fingerprint density at radius 2 is 1.50 bits per heavy atom. The second-order valence-electron chi connectivity index (χ2n) is 7.50. The second-order valence-corrected chi connectivity index (χ2v) is 7.50. The lowest BCUT2D eigenvalue weighted by Gasteiger charge is -2.29. The lowest BCUT2D eigenvalue weighted by atomic mass is 10.1. The van der Waals surface area contributed by atoms with E-state index >= 15 is 0 Å². The summed E-state index contributed by atoms with van der Waals surface area (Å²) in [4.78, 5) is 27.1. The lowest BCUT2D eigenvalue weighted by molar-refractivity contribution is -0.142. The minimum absolute atomic E-state index is 0.00813. The molecule has 2 aromatic rings. The normalized spacial score (nSPS) is 11.7. The first-order chi connectivity index (χ1) is 14.3. The molecule has 0 aromatic heterocycles. The number of hydrogen-bond acceptors (Lipinski definition) is 4. The molecule has 30 heavy (non-hydrogen) atoms. The third-order valence-electron chi connectivity index (χ3n) is 4.80. The fraction of sp³-hybridized carbons (Fsp3) is 0.417. The topological polar surface area (TPSA) is 67.9 Å². The molecule has 6 heteroatoms. The molecular weight excluding hydrogens is 380 g/mol. The quantitative estimate of drug-likeness (QED) is 0.648. The zero-order valence-electron chi connectivity index (χ0n) is 18.5. The monoisotopic (exact) mass is 412 g/mol. The van der Waals surface area contributed by atoms with Gasteiger partial charge in [0.25, 0.3) is 5.91 Å². The average molecular weight is 413 g/mol. The molecule has 0 saturated carbocycles. The van der Waals surface area contributed by atoms with Crippen molar-refractivity contribution < 1.29 is 19.1 Å². The van der Waals surface area contributed by atoms with Crippen LogP contribution in [0.5, 0.6) is 11.5 Å². The van der Waals surface area contributed by atoms with Gasteiger partial charge in [-0.05, 0) is 62.6 Å². The molecule has 6 nitrogen and oxygen atoms in total. The fourth-order valence-corrected chi connectivity index (χ4v) is 2.96. The summed E-state index contributed by atoms with van der Waals surface area (Å²) in [6.45, 7) is 7.76. The first-order valence-electron chi connectivity index (χ1n) is 10.3. The zero-order chi connectivity index (χ0) is 22.1. The molecule has 0 heterocycles. The van der Waals surface area contributed by atoms with Crippen LogP contribution in [-0.2, 0) is 22.6 Å². The van der Waals surface area contributed by atoms with Gasteiger partial charge in [-0.1, -0.05) is 31.2 Å². The van der Waals surface area contributed by atoms with Gasteiger partial charge in [-0.15, -0.1) is 0 Å². The standard InChI is InChI=1S/C24H32N2O4/c1-6-19-7-13-22(14-8-19)30-16-23(27)26(18(4)24(28)25-17(2)3)15-20-9-11-21(29-5)12-10-20/h7-14,17-18H,6,15-16H2,1-5H3,(H,25,28)/t18-/m0/s1. The zero-order valence-corrected chi connectivity index (χ0v) is 18.5. The van der Waals surface area contributed by atoms with E-state index in [0.717, 1.165) is 17.7 Å². The predicted molar refractivity (Wildman–Crippen MR) is 118 cm³/mol. The molecule has 0 aliphatic heterocycles. The van der Waals surface area contributed by atoms with E-state index in [1.54, 1.807) is 18.9 Å². The molecule has 2 rings (SSSR count). The summed E-state index contributed by atoms with van der Waals surface area (Å²) in [5, 5.41) is 2.87. The van der Waals surface area contributed by atoms with Crippen molar-refractivity contribution in [3.05, 3.63) is 59.7 Å². The van der Waals surface area contributed by atoms with Gasteiger partial charge in [0.15, 0.2) is 6.61 Å². The van der Waals surface area contributed by atoms with E-state index < -0.39 is 6.04 Å². The number of hydrogen-bond donors (Lipinski definition) is 1. The van der Waals surface area contributed by atoms with Crippen molar-refractivity contribution in [2.45, 2.75) is 52.7 Å². The number of methoxy groups -OCH3 is 1. The first kappa shape index (κ1) is 23.3. The van der Waals surface area contributed by atoms with E-state index in [2.05, 4.69) is 12.2 Å².